The predicted octanol–water partition coefficient (Wildman–Crippen LogP) is 4.39. The van der Waals surface area contributed by atoms with E-state index in [0.29, 0.717) is 12.0 Å². The lowest BCUT2D eigenvalue weighted by Gasteiger charge is -2.33. The average molecular weight is 431 g/mol. The minimum atomic E-state index is -1.09. The molecule has 0 spiro atoms. The Morgan fingerprint density at radius 2 is 1.77 bits per heavy atom. The second-order valence-corrected chi connectivity index (χ2v) is 9.88. The van der Waals surface area contributed by atoms with Gasteiger partial charge in [-0.1, -0.05) is 63.9 Å². The average Bonchev–Trinajstić information content (AvgIpc) is 3.34. The number of hydrogen-bond donors (Lipinski definition) is 0. The van der Waals surface area contributed by atoms with Gasteiger partial charge in [-0.3, -0.25) is 14.9 Å². The second-order valence-electron chi connectivity index (χ2n) is 9.88. The van der Waals surface area contributed by atoms with Crippen molar-refractivity contribution in [1.29, 1.82) is 0 Å². The number of nitrogens with zero attached hydrogens (tertiary/aromatic N) is 2. The van der Waals surface area contributed by atoms with E-state index in [1.165, 1.54) is 4.90 Å². The molecule has 1 heterocycles. The molecular formula is C24H34N2O5. The second kappa shape index (κ2) is 9.37. The summed E-state index contributed by atoms with van der Waals surface area (Å²) in [5.74, 6) is -1.13. The number of rotatable bonds is 6. The van der Waals surface area contributed by atoms with Crippen LogP contribution < -0.4 is 0 Å². The van der Waals surface area contributed by atoms with Crippen molar-refractivity contribution in [2.45, 2.75) is 77.9 Å². The van der Waals surface area contributed by atoms with E-state index in [0.717, 1.165) is 25.7 Å². The monoisotopic (exact) mass is 430 g/mol. The van der Waals surface area contributed by atoms with Crippen LogP contribution in [-0.4, -0.2) is 40.4 Å². The first kappa shape index (κ1) is 23.2. The van der Waals surface area contributed by atoms with E-state index in [1.54, 1.807) is 6.92 Å². The van der Waals surface area contributed by atoms with Gasteiger partial charge in [-0.2, -0.15) is 0 Å². The molecule has 0 radical (unpaired) electrons. The quantitative estimate of drug-likeness (QED) is 0.379. The summed E-state index contributed by atoms with van der Waals surface area (Å²) in [4.78, 5) is 40.4. The van der Waals surface area contributed by atoms with Crippen molar-refractivity contribution in [3.8, 4) is 0 Å². The van der Waals surface area contributed by atoms with Gasteiger partial charge in [-0.05, 0) is 36.7 Å². The number of nitro groups is 1. The summed E-state index contributed by atoms with van der Waals surface area (Å²) in [6, 6.07) is 6.22. The number of carbonyl (C=O) groups excluding carboxylic acids is 2. The topological polar surface area (TPSA) is 89.8 Å². The Morgan fingerprint density at radius 1 is 1.16 bits per heavy atom. The summed E-state index contributed by atoms with van der Waals surface area (Å²) < 4.78 is 5.36. The molecule has 1 aliphatic carbocycles. The zero-order valence-corrected chi connectivity index (χ0v) is 19.0. The van der Waals surface area contributed by atoms with Crippen molar-refractivity contribution in [1.82, 2.24) is 4.90 Å². The molecule has 1 aromatic carbocycles. The van der Waals surface area contributed by atoms with Crippen LogP contribution in [0.2, 0.25) is 0 Å². The fourth-order valence-electron chi connectivity index (χ4n) is 5.50. The van der Waals surface area contributed by atoms with Crippen LogP contribution in [0.5, 0.6) is 0 Å². The summed E-state index contributed by atoms with van der Waals surface area (Å²) in [6.45, 7) is 7.56. The normalized spacial score (nSPS) is 26.8. The molecule has 2 aliphatic rings. The summed E-state index contributed by atoms with van der Waals surface area (Å²) in [6.07, 6.45) is 4.50. The summed E-state index contributed by atoms with van der Waals surface area (Å²) in [7, 11) is 0. The van der Waals surface area contributed by atoms with Crippen LogP contribution in [-0.2, 0) is 14.3 Å². The van der Waals surface area contributed by atoms with E-state index in [2.05, 4.69) is 0 Å². The van der Waals surface area contributed by atoms with Crippen molar-refractivity contribution < 1.29 is 19.2 Å². The number of amides is 1. The fraction of sp³-hybridized carbons (Fsp3) is 0.667. The van der Waals surface area contributed by atoms with Crippen LogP contribution in [0.3, 0.4) is 0 Å². The molecule has 7 heteroatoms. The summed E-state index contributed by atoms with van der Waals surface area (Å²) in [5.41, 5.74) is 0.106. The lowest BCUT2D eigenvalue weighted by molar-refractivity contribution is -0.536. The van der Waals surface area contributed by atoms with Gasteiger partial charge in [0, 0.05) is 11.3 Å². The number of likely N-dealkylation sites (tertiary alicyclic amines) is 1. The molecule has 1 saturated heterocycles. The highest BCUT2D eigenvalue weighted by atomic mass is 16.6. The first-order valence-electron chi connectivity index (χ1n) is 11.3. The highest BCUT2D eigenvalue weighted by Gasteiger charge is 2.63. The largest absolute Gasteiger partial charge is 0.464 e. The van der Waals surface area contributed by atoms with E-state index in [4.69, 9.17) is 4.74 Å². The first-order chi connectivity index (χ1) is 14.7. The standard InChI is InChI=1S/C24H34N2O5/c1-5-31-23(28)22-19(24(2,3)4)21(26(29)30)20(17-13-7-6-8-14-17)25(22)18(27)15-16-11-9-10-12-16/h6-8,13-14,16,19-22H,5,9-12,15H2,1-4H3. The van der Waals surface area contributed by atoms with E-state index < -0.39 is 35.4 Å². The maximum Gasteiger partial charge on any atom is 0.329 e. The molecule has 0 aromatic heterocycles. The van der Waals surface area contributed by atoms with E-state index in [9.17, 15) is 19.7 Å². The van der Waals surface area contributed by atoms with Crippen molar-refractivity contribution in [3.63, 3.8) is 0 Å². The Hall–Kier alpha value is -2.44. The Morgan fingerprint density at radius 3 is 2.29 bits per heavy atom. The zero-order chi connectivity index (χ0) is 22.8. The Balaban J connectivity index is 2.13. The highest BCUT2D eigenvalue weighted by molar-refractivity contribution is 5.86. The van der Waals surface area contributed by atoms with Crippen LogP contribution in [0.4, 0.5) is 0 Å². The fourth-order valence-corrected chi connectivity index (χ4v) is 5.50. The minimum absolute atomic E-state index is 0.163. The third kappa shape index (κ3) is 4.75. The third-order valence-corrected chi connectivity index (χ3v) is 6.77. The molecule has 4 atom stereocenters. The number of esters is 1. The van der Waals surface area contributed by atoms with Crippen LogP contribution >= 0.6 is 0 Å². The molecule has 0 bridgehead atoms. The van der Waals surface area contributed by atoms with Crippen LogP contribution in [0.15, 0.2) is 30.3 Å². The summed E-state index contributed by atoms with van der Waals surface area (Å²) >= 11 is 0. The highest BCUT2D eigenvalue weighted by Crippen LogP contribution is 2.50. The molecule has 1 amide bonds. The minimum Gasteiger partial charge on any atom is -0.464 e. The van der Waals surface area contributed by atoms with E-state index in [1.807, 2.05) is 51.1 Å². The maximum atomic E-state index is 13.6. The number of ether oxygens (including phenoxy) is 1. The lowest BCUT2D eigenvalue weighted by Crippen LogP contribution is -2.48. The van der Waals surface area contributed by atoms with Gasteiger partial charge in [-0.25, -0.2) is 4.79 Å². The number of carbonyl (C=O) groups is 2. The van der Waals surface area contributed by atoms with Gasteiger partial charge in [0.15, 0.2) is 0 Å². The molecule has 1 saturated carbocycles. The predicted molar refractivity (Wildman–Crippen MR) is 117 cm³/mol. The molecule has 2 fully saturated rings. The van der Waals surface area contributed by atoms with Gasteiger partial charge >= 0.3 is 5.97 Å². The molecule has 31 heavy (non-hydrogen) atoms. The zero-order valence-electron chi connectivity index (χ0n) is 19.0. The van der Waals surface area contributed by atoms with Crippen molar-refractivity contribution >= 4 is 11.9 Å². The molecular weight excluding hydrogens is 396 g/mol. The van der Waals surface area contributed by atoms with Gasteiger partial charge in [-0.15, -0.1) is 0 Å². The van der Waals surface area contributed by atoms with Gasteiger partial charge in [0.2, 0.25) is 11.9 Å². The van der Waals surface area contributed by atoms with Crippen LogP contribution in [0.1, 0.15) is 71.4 Å². The lowest BCUT2D eigenvalue weighted by atomic mass is 9.73. The molecule has 7 nitrogen and oxygen atoms in total. The number of hydrogen-bond acceptors (Lipinski definition) is 5. The van der Waals surface area contributed by atoms with Gasteiger partial charge < -0.3 is 9.64 Å². The molecule has 3 rings (SSSR count). The molecule has 1 aliphatic heterocycles. The summed E-state index contributed by atoms with van der Waals surface area (Å²) in [5, 5.41) is 12.4. The first-order valence-corrected chi connectivity index (χ1v) is 11.3. The Bertz CT molecular complexity index is 798. The van der Waals surface area contributed by atoms with Crippen molar-refractivity contribution in [3.05, 3.63) is 46.0 Å². The van der Waals surface area contributed by atoms with Crippen LogP contribution in [0, 0.1) is 27.4 Å². The van der Waals surface area contributed by atoms with E-state index >= 15 is 0 Å². The van der Waals surface area contributed by atoms with E-state index in [-0.39, 0.29) is 23.4 Å². The molecule has 4 unspecified atom stereocenters. The maximum absolute atomic E-state index is 13.6. The molecule has 0 N–H and O–H groups in total. The SMILES string of the molecule is CCOC(=O)C1C(C(C)(C)C)C([N+](=O)[O-])C(c2ccccc2)N1C(=O)CC1CCCC1. The smallest absolute Gasteiger partial charge is 0.329 e. The third-order valence-electron chi connectivity index (χ3n) is 6.77. The van der Waals surface area contributed by atoms with Crippen molar-refractivity contribution in [2.75, 3.05) is 6.61 Å². The van der Waals surface area contributed by atoms with Crippen molar-refractivity contribution in [2.24, 2.45) is 17.3 Å². The number of benzene rings is 1. The van der Waals surface area contributed by atoms with Gasteiger partial charge in [0.1, 0.15) is 12.1 Å². The Kier molecular flexibility index (Phi) is 7.02. The van der Waals surface area contributed by atoms with Gasteiger partial charge in [0.05, 0.1) is 12.5 Å². The molecule has 170 valence electrons. The Labute approximate surface area is 184 Å². The molecule has 1 aromatic rings. The van der Waals surface area contributed by atoms with Gasteiger partial charge in [0.25, 0.3) is 0 Å². The van der Waals surface area contributed by atoms with Crippen LogP contribution in [0.25, 0.3) is 0 Å².